The fraction of sp³-hybridized carbons (Fsp3) is 0.385. The van der Waals surface area contributed by atoms with Crippen LogP contribution in [0.1, 0.15) is 80.4 Å². The van der Waals surface area contributed by atoms with E-state index in [0.29, 0.717) is 5.41 Å². The fourth-order valence-electron chi connectivity index (χ4n) is 16.9. The van der Waals surface area contributed by atoms with E-state index in [9.17, 15) is 0 Å². The molecule has 7 fully saturated rings. The number of para-hydroxylation sites is 1. The van der Waals surface area contributed by atoms with E-state index in [1.807, 2.05) is 11.3 Å². The Morgan fingerprint density at radius 1 is 0.732 bits per heavy atom. The van der Waals surface area contributed by atoms with Gasteiger partial charge in [-0.25, -0.2) is 0 Å². The van der Waals surface area contributed by atoms with Gasteiger partial charge < -0.3 is 9.55 Å². The number of aromatic amines is 1. The van der Waals surface area contributed by atoms with Gasteiger partial charge in [-0.1, -0.05) is 54.0 Å². The van der Waals surface area contributed by atoms with Gasteiger partial charge in [0.15, 0.2) is 7.28 Å². The largest absolute Gasteiger partial charge is 0.354 e. The standard InChI is InChI=1S/C52H45BN2S/c1-25-13-37(46-42(14-25)55-48-35(6-4-7-40(48)53-46)50-49(55)34-5-2-3-8-43(34)56-50)39-18-29(45-27-10-9-26-15-28(16-27)44(26)45)17-38-36-21-30(11-12-41(36)54-47(38)39)51-22-32-19-31-20-33(23-51)52(31,32)24-51/h2-8,11-14,17-18,21,26-28,31-33,44-45,53-54H,9-10,15-16,19-20,22-24H2,1H3. The van der Waals surface area contributed by atoms with Crippen LogP contribution >= 0.6 is 11.3 Å². The number of hydrogen-bond donors (Lipinski definition) is 1. The quantitative estimate of drug-likeness (QED) is 0.174. The molecule has 1 spiro atoms. The summed E-state index contributed by atoms with van der Waals surface area (Å²) in [4.78, 5) is 4.14. The molecule has 8 aromatic rings. The van der Waals surface area contributed by atoms with Crippen LogP contribution in [-0.4, -0.2) is 16.8 Å². The van der Waals surface area contributed by atoms with Crippen LogP contribution in [0, 0.1) is 53.8 Å². The second-order valence-electron chi connectivity index (χ2n) is 20.8. The minimum Gasteiger partial charge on any atom is -0.354 e. The first-order valence-electron chi connectivity index (χ1n) is 22.2. The number of benzene rings is 5. The summed E-state index contributed by atoms with van der Waals surface area (Å²) in [6, 6.07) is 34.4. The second-order valence-corrected chi connectivity index (χ2v) is 21.8. The Bertz CT molecular complexity index is 3130. The summed E-state index contributed by atoms with van der Waals surface area (Å²) in [5.41, 5.74) is 18.6. The van der Waals surface area contributed by atoms with Crippen LogP contribution in [0.15, 0.2) is 84.9 Å². The van der Waals surface area contributed by atoms with Gasteiger partial charge in [-0.05, 0) is 187 Å². The molecule has 1 aliphatic heterocycles. The molecule has 4 bridgehead atoms. The maximum absolute atomic E-state index is 4.14. The zero-order chi connectivity index (χ0) is 36.0. The molecule has 4 heteroatoms. The van der Waals surface area contributed by atoms with E-state index in [2.05, 4.69) is 101 Å². The summed E-state index contributed by atoms with van der Waals surface area (Å²) in [5.74, 6) is 7.48. The lowest BCUT2D eigenvalue weighted by Gasteiger charge is -2.66. The van der Waals surface area contributed by atoms with E-state index in [0.717, 1.165) is 60.0 Å². The summed E-state index contributed by atoms with van der Waals surface area (Å²) in [6.45, 7) is 2.34. The molecular formula is C52H45BN2S. The lowest BCUT2D eigenvalue weighted by atomic mass is 9.38. The Morgan fingerprint density at radius 3 is 2.48 bits per heavy atom. The highest BCUT2D eigenvalue weighted by Gasteiger charge is 2.77. The van der Waals surface area contributed by atoms with Crippen LogP contribution in [-0.2, 0) is 5.41 Å². The molecule has 7 aliphatic carbocycles. The summed E-state index contributed by atoms with van der Waals surface area (Å²) < 4.78 is 5.49. The minimum atomic E-state index is 0.421. The summed E-state index contributed by atoms with van der Waals surface area (Å²) in [6.07, 6.45) is 13.3. The number of rotatable bonds is 3. The molecule has 3 aromatic heterocycles. The van der Waals surface area contributed by atoms with E-state index in [1.54, 1.807) is 11.1 Å². The van der Waals surface area contributed by atoms with E-state index >= 15 is 0 Å². The summed E-state index contributed by atoms with van der Waals surface area (Å²) in [5, 5.41) is 5.77. The molecule has 0 radical (unpaired) electrons. The first kappa shape index (κ1) is 29.9. The van der Waals surface area contributed by atoms with Crippen molar-refractivity contribution in [1.29, 1.82) is 0 Å². The van der Waals surface area contributed by atoms with Gasteiger partial charge in [-0.2, -0.15) is 0 Å². The monoisotopic (exact) mass is 740 g/mol. The van der Waals surface area contributed by atoms with Crippen LogP contribution in [0.4, 0.5) is 0 Å². The topological polar surface area (TPSA) is 20.7 Å². The average molecular weight is 741 g/mol. The molecule has 272 valence electrons. The van der Waals surface area contributed by atoms with Crippen LogP contribution in [0.3, 0.4) is 0 Å². The molecule has 16 rings (SSSR count). The van der Waals surface area contributed by atoms with Crippen molar-refractivity contribution in [3.63, 3.8) is 0 Å². The van der Waals surface area contributed by atoms with Crippen LogP contribution in [0.2, 0.25) is 0 Å². The van der Waals surface area contributed by atoms with Crippen molar-refractivity contribution in [2.24, 2.45) is 46.8 Å². The molecule has 8 aliphatic rings. The zero-order valence-corrected chi connectivity index (χ0v) is 32.9. The van der Waals surface area contributed by atoms with Gasteiger partial charge in [0.05, 0.1) is 15.7 Å². The molecular weight excluding hydrogens is 695 g/mol. The summed E-state index contributed by atoms with van der Waals surface area (Å²) in [7, 11) is 0.972. The molecule has 7 unspecified atom stereocenters. The van der Waals surface area contributed by atoms with Crippen molar-refractivity contribution in [2.45, 2.75) is 76.0 Å². The molecule has 2 nitrogen and oxygen atoms in total. The highest BCUT2D eigenvalue weighted by atomic mass is 32.1. The fourth-order valence-corrected chi connectivity index (χ4v) is 18.1. The summed E-state index contributed by atoms with van der Waals surface area (Å²) >= 11 is 1.97. The van der Waals surface area contributed by atoms with E-state index < -0.39 is 0 Å². The highest BCUT2D eigenvalue weighted by Crippen LogP contribution is 2.84. The van der Waals surface area contributed by atoms with Crippen molar-refractivity contribution in [1.82, 2.24) is 9.55 Å². The van der Waals surface area contributed by atoms with Gasteiger partial charge in [0.2, 0.25) is 0 Å². The normalized spacial score (nSPS) is 34.9. The Labute approximate surface area is 331 Å². The number of fused-ring (bicyclic) bond motifs is 12. The van der Waals surface area contributed by atoms with Gasteiger partial charge in [-0.3, -0.25) is 0 Å². The Morgan fingerprint density at radius 2 is 1.59 bits per heavy atom. The third kappa shape index (κ3) is 3.25. The first-order chi connectivity index (χ1) is 27.5. The van der Waals surface area contributed by atoms with Crippen molar-refractivity contribution < 1.29 is 0 Å². The lowest BCUT2D eigenvalue weighted by Crippen LogP contribution is -2.59. The molecule has 7 saturated carbocycles. The maximum Gasteiger partial charge on any atom is 0.198 e. The zero-order valence-electron chi connectivity index (χ0n) is 32.1. The number of nitrogens with one attached hydrogen (secondary N) is 1. The molecule has 4 heterocycles. The van der Waals surface area contributed by atoms with Crippen molar-refractivity contribution in [2.75, 3.05) is 0 Å². The highest BCUT2D eigenvalue weighted by molar-refractivity contribution is 7.26. The number of nitrogens with zero attached hydrogens (tertiary/aromatic N) is 1. The van der Waals surface area contributed by atoms with E-state index in [4.69, 9.17) is 0 Å². The van der Waals surface area contributed by atoms with Crippen LogP contribution < -0.4 is 10.9 Å². The molecule has 1 N–H and O–H groups in total. The van der Waals surface area contributed by atoms with Gasteiger partial charge >= 0.3 is 0 Å². The SMILES string of the molecule is Cc1cc(-c2cc(C3C4CCC5CC(C4)C53)cc3c2[nH]c2ccc(C45CC6CC7CC(C4)C76C5)cc23)c2c(c1)-n1c3c(cccc3c3sc4ccccc4c31)B2. The Balaban J connectivity index is 0.961. The lowest BCUT2D eigenvalue weighted by molar-refractivity contribution is -0.175. The Hall–Kier alpha value is -4.28. The van der Waals surface area contributed by atoms with Crippen molar-refractivity contribution in [3.8, 4) is 16.8 Å². The van der Waals surface area contributed by atoms with Gasteiger partial charge in [0.25, 0.3) is 0 Å². The average Bonchev–Trinajstić information content (AvgIpc) is 3.98. The third-order valence-electron chi connectivity index (χ3n) is 18.8. The predicted octanol–water partition coefficient (Wildman–Crippen LogP) is 11.5. The Kier molecular flexibility index (Phi) is 5.09. The van der Waals surface area contributed by atoms with Crippen LogP contribution in [0.5, 0.6) is 0 Å². The maximum atomic E-state index is 4.14. The molecule has 56 heavy (non-hydrogen) atoms. The van der Waals surface area contributed by atoms with E-state index in [1.165, 1.54) is 144 Å². The number of H-pyrrole nitrogens is 1. The van der Waals surface area contributed by atoms with Crippen molar-refractivity contribution in [3.05, 3.63) is 102 Å². The number of hydrogen-bond acceptors (Lipinski definition) is 1. The van der Waals surface area contributed by atoms with Gasteiger partial charge in [0.1, 0.15) is 0 Å². The number of aryl methyl sites for hydroxylation is 1. The van der Waals surface area contributed by atoms with Crippen LogP contribution in [0.25, 0.3) is 69.8 Å². The van der Waals surface area contributed by atoms with Gasteiger partial charge in [0, 0.05) is 48.5 Å². The predicted molar refractivity (Wildman–Crippen MR) is 235 cm³/mol. The minimum absolute atomic E-state index is 0.421. The second kappa shape index (κ2) is 9.53. The molecule has 5 aromatic carbocycles. The third-order valence-corrected chi connectivity index (χ3v) is 20.0. The van der Waals surface area contributed by atoms with Gasteiger partial charge in [-0.15, -0.1) is 11.3 Å². The van der Waals surface area contributed by atoms with E-state index in [-0.39, 0.29) is 0 Å². The van der Waals surface area contributed by atoms with Crippen molar-refractivity contribution >= 4 is 82.6 Å². The molecule has 7 atom stereocenters. The number of thiophene rings is 1. The molecule has 0 amide bonds. The molecule has 0 saturated heterocycles. The smallest absolute Gasteiger partial charge is 0.198 e. The number of aromatic nitrogens is 2. The first-order valence-corrected chi connectivity index (χ1v) is 23.0.